The van der Waals surface area contributed by atoms with Crippen LogP contribution in [0.15, 0.2) is 0 Å². The summed E-state index contributed by atoms with van der Waals surface area (Å²) in [5, 5.41) is 14.5. The number of hydrogen-bond acceptors (Lipinski definition) is 5. The molecule has 24 heavy (non-hydrogen) atoms. The molecule has 0 aliphatic carbocycles. The fraction of sp³-hybridized carbons (Fsp3) is 0.812. The molecule has 0 aromatic rings. The van der Waals surface area contributed by atoms with Gasteiger partial charge in [-0.1, -0.05) is 13.3 Å². The fourth-order valence-electron chi connectivity index (χ4n) is 2.56. The van der Waals surface area contributed by atoms with Crippen LogP contribution in [0, 0.1) is 5.92 Å². The van der Waals surface area contributed by atoms with Gasteiger partial charge in [-0.25, -0.2) is 0 Å². The van der Waals surface area contributed by atoms with Crippen LogP contribution < -0.4 is 16.4 Å². The Balaban J connectivity index is 5.30. The molecule has 3 atom stereocenters. The van der Waals surface area contributed by atoms with Crippen LogP contribution in [-0.2, 0) is 14.4 Å². The van der Waals surface area contributed by atoms with Crippen LogP contribution in [0.3, 0.4) is 0 Å². The van der Waals surface area contributed by atoms with E-state index in [1.165, 1.54) is 11.8 Å². The summed E-state index contributed by atoms with van der Waals surface area (Å²) in [6, 6.07) is -0.946. The molecule has 0 saturated carbocycles. The molecular formula is C16H31N3O4S. The lowest BCUT2D eigenvalue weighted by atomic mass is 9.85. The summed E-state index contributed by atoms with van der Waals surface area (Å²) in [4.78, 5) is 36.0. The minimum Gasteiger partial charge on any atom is -0.481 e. The summed E-state index contributed by atoms with van der Waals surface area (Å²) in [6.45, 7) is 7.45. The van der Waals surface area contributed by atoms with Crippen molar-refractivity contribution >= 4 is 29.5 Å². The summed E-state index contributed by atoms with van der Waals surface area (Å²) < 4.78 is -0.523. The molecule has 0 heterocycles. The van der Waals surface area contributed by atoms with Crippen molar-refractivity contribution in [2.45, 2.75) is 63.8 Å². The smallest absolute Gasteiger partial charge is 0.304 e. The van der Waals surface area contributed by atoms with Crippen molar-refractivity contribution in [1.82, 2.24) is 10.6 Å². The number of amides is 2. The Hall–Kier alpha value is -1.28. The van der Waals surface area contributed by atoms with E-state index in [9.17, 15) is 19.5 Å². The molecule has 3 unspecified atom stereocenters. The Morgan fingerprint density at radius 2 is 1.79 bits per heavy atom. The zero-order chi connectivity index (χ0) is 18.9. The molecule has 2 amide bonds. The van der Waals surface area contributed by atoms with Crippen molar-refractivity contribution < 1.29 is 19.5 Å². The van der Waals surface area contributed by atoms with Crippen molar-refractivity contribution in [2.75, 3.05) is 12.8 Å². The number of aliphatic carboxylic acids is 1. The van der Waals surface area contributed by atoms with E-state index in [-0.39, 0.29) is 24.9 Å². The van der Waals surface area contributed by atoms with Gasteiger partial charge in [0.1, 0.15) is 6.04 Å². The van der Waals surface area contributed by atoms with E-state index < -0.39 is 28.6 Å². The molecule has 0 aliphatic rings. The Morgan fingerprint density at radius 3 is 2.17 bits per heavy atom. The van der Waals surface area contributed by atoms with Gasteiger partial charge in [0.25, 0.3) is 0 Å². The lowest BCUT2D eigenvalue weighted by Crippen LogP contribution is -2.55. The van der Waals surface area contributed by atoms with Crippen LogP contribution in [0.25, 0.3) is 0 Å². The highest BCUT2D eigenvalue weighted by molar-refractivity contribution is 8.00. The number of carbonyl (C=O) groups excluding carboxylic acids is 2. The highest BCUT2D eigenvalue weighted by Crippen LogP contribution is 2.37. The van der Waals surface area contributed by atoms with E-state index in [4.69, 9.17) is 5.73 Å². The molecule has 0 rings (SSSR count). The van der Waals surface area contributed by atoms with Gasteiger partial charge < -0.3 is 21.5 Å². The Morgan fingerprint density at radius 1 is 1.21 bits per heavy atom. The van der Waals surface area contributed by atoms with Crippen LogP contribution in [0.2, 0.25) is 0 Å². The molecule has 0 aliphatic heterocycles. The van der Waals surface area contributed by atoms with Gasteiger partial charge in [0, 0.05) is 17.3 Å². The van der Waals surface area contributed by atoms with Crippen LogP contribution in [-0.4, -0.2) is 52.5 Å². The molecule has 0 radical (unpaired) electrons. The molecule has 140 valence electrons. The van der Waals surface area contributed by atoms with Crippen molar-refractivity contribution in [2.24, 2.45) is 11.7 Å². The maximum atomic E-state index is 12.7. The summed E-state index contributed by atoms with van der Waals surface area (Å²) in [7, 11) is 0. The van der Waals surface area contributed by atoms with E-state index in [0.717, 1.165) is 6.42 Å². The quantitative estimate of drug-likeness (QED) is 0.435. The van der Waals surface area contributed by atoms with Crippen LogP contribution in [0.5, 0.6) is 0 Å². The number of carboxylic acid groups (broad SMARTS) is 1. The average Bonchev–Trinajstić information content (AvgIpc) is 2.49. The molecule has 0 bridgehead atoms. The lowest BCUT2D eigenvalue weighted by Gasteiger charge is -2.35. The first-order chi connectivity index (χ1) is 11.1. The third-order valence-corrected chi connectivity index (χ3v) is 5.37. The lowest BCUT2D eigenvalue weighted by molar-refractivity contribution is -0.142. The second-order valence-electron chi connectivity index (χ2n) is 6.38. The maximum absolute atomic E-state index is 12.7. The molecule has 5 N–H and O–H groups in total. The minimum absolute atomic E-state index is 0.0478. The SMILES string of the molecule is CCCC(C)(SC)C(CC(=O)O)C(=O)NC(CN)C(=O)NC(C)C. The third kappa shape index (κ3) is 7.09. The number of hydrogen-bond donors (Lipinski definition) is 4. The van der Waals surface area contributed by atoms with Gasteiger partial charge in [0.15, 0.2) is 0 Å². The van der Waals surface area contributed by atoms with Gasteiger partial charge in [0.05, 0.1) is 12.3 Å². The normalized spacial score (nSPS) is 16.1. The summed E-state index contributed by atoms with van der Waals surface area (Å²) in [5.74, 6) is -2.60. The molecule has 0 spiro atoms. The molecular weight excluding hydrogens is 330 g/mol. The summed E-state index contributed by atoms with van der Waals surface area (Å²) >= 11 is 1.47. The number of nitrogens with two attached hydrogens (primary N) is 1. The first kappa shape index (κ1) is 22.7. The number of carboxylic acids is 1. The van der Waals surface area contributed by atoms with Crippen molar-refractivity contribution in [3.63, 3.8) is 0 Å². The first-order valence-electron chi connectivity index (χ1n) is 8.19. The van der Waals surface area contributed by atoms with Gasteiger partial charge in [-0.05, 0) is 33.4 Å². The molecule has 0 saturated heterocycles. The number of rotatable bonds is 11. The van der Waals surface area contributed by atoms with Crippen LogP contribution in [0.1, 0.15) is 47.0 Å². The topological polar surface area (TPSA) is 122 Å². The molecule has 0 fully saturated rings. The second kappa shape index (κ2) is 10.6. The van der Waals surface area contributed by atoms with Crippen molar-refractivity contribution in [3.8, 4) is 0 Å². The summed E-state index contributed by atoms with van der Waals surface area (Å²) in [6.07, 6.45) is 3.11. The average molecular weight is 362 g/mol. The van der Waals surface area contributed by atoms with Crippen molar-refractivity contribution in [1.29, 1.82) is 0 Å². The minimum atomic E-state index is -1.04. The standard InChI is InChI=1S/C16H31N3O4S/c1-6-7-16(4,24-5)11(8-13(20)21)14(22)19-12(9-17)15(23)18-10(2)3/h10-12H,6-9,17H2,1-5H3,(H,18,23)(H,19,22)(H,20,21). The highest BCUT2D eigenvalue weighted by Gasteiger charge is 2.40. The predicted octanol–water partition coefficient (Wildman–Crippen LogP) is 0.967. The Labute approximate surface area is 148 Å². The van der Waals surface area contributed by atoms with E-state index in [1.807, 2.05) is 34.0 Å². The first-order valence-corrected chi connectivity index (χ1v) is 9.41. The van der Waals surface area contributed by atoms with Crippen LogP contribution in [0.4, 0.5) is 0 Å². The third-order valence-electron chi connectivity index (χ3n) is 3.94. The summed E-state index contributed by atoms with van der Waals surface area (Å²) in [5.41, 5.74) is 5.60. The predicted molar refractivity (Wildman–Crippen MR) is 96.8 cm³/mol. The Kier molecular flexibility index (Phi) is 9.99. The number of thioether (sulfide) groups is 1. The van der Waals surface area contributed by atoms with Crippen LogP contribution >= 0.6 is 11.8 Å². The fourth-order valence-corrected chi connectivity index (χ4v) is 3.45. The largest absolute Gasteiger partial charge is 0.481 e. The van der Waals surface area contributed by atoms with E-state index >= 15 is 0 Å². The Bertz CT molecular complexity index is 445. The second-order valence-corrected chi connectivity index (χ2v) is 7.72. The van der Waals surface area contributed by atoms with Gasteiger partial charge in [-0.2, -0.15) is 11.8 Å². The maximum Gasteiger partial charge on any atom is 0.304 e. The molecule has 8 heteroatoms. The number of carbonyl (C=O) groups is 3. The molecule has 0 aromatic carbocycles. The molecule has 0 aromatic heterocycles. The number of nitrogens with one attached hydrogen (secondary N) is 2. The van der Waals surface area contributed by atoms with E-state index in [0.29, 0.717) is 6.42 Å². The molecule has 7 nitrogen and oxygen atoms in total. The highest BCUT2D eigenvalue weighted by atomic mass is 32.2. The van der Waals surface area contributed by atoms with E-state index in [1.54, 1.807) is 0 Å². The monoisotopic (exact) mass is 361 g/mol. The zero-order valence-electron chi connectivity index (χ0n) is 15.2. The zero-order valence-corrected chi connectivity index (χ0v) is 16.0. The van der Waals surface area contributed by atoms with Gasteiger partial charge >= 0.3 is 5.97 Å². The van der Waals surface area contributed by atoms with Gasteiger partial charge in [-0.15, -0.1) is 0 Å². The van der Waals surface area contributed by atoms with Gasteiger partial charge in [-0.3, -0.25) is 14.4 Å². The van der Waals surface area contributed by atoms with Crippen molar-refractivity contribution in [3.05, 3.63) is 0 Å². The van der Waals surface area contributed by atoms with E-state index in [2.05, 4.69) is 10.6 Å². The van der Waals surface area contributed by atoms with Gasteiger partial charge in [0.2, 0.25) is 11.8 Å².